The first-order valence-corrected chi connectivity index (χ1v) is 23.3. The van der Waals surface area contributed by atoms with Gasteiger partial charge in [0.2, 0.25) is 35.4 Å². The third-order valence-electron chi connectivity index (χ3n) is 10.5. The van der Waals surface area contributed by atoms with Crippen LogP contribution in [0.25, 0.3) is 10.9 Å². The van der Waals surface area contributed by atoms with Gasteiger partial charge < -0.3 is 52.0 Å². The third kappa shape index (κ3) is 19.1. The largest absolute Gasteiger partial charge is 0.444 e. The van der Waals surface area contributed by atoms with Crippen LogP contribution in [0.2, 0.25) is 0 Å². The standard InChI is InChI=1S/C51H71N9O10/c1-12-21-37(56-43(62)33(4)55-48(67)69-50(5,6)7)45(64)54-32(3)42(61)58-40(30-35-31-60(49(68)70-51(8,9)10)41-26-18-17-24-36(35)41)47(66)59-39(29-34-22-15-14-16-23-34)46(65)57-38(44(63)52-11)25-19-20-28-53-27-13-2/h1,13-18,22-24,26,31-33,37-40,53H,2,19-21,25,27-30H2,3-11H3,(H,52,63)(H,54,64)(H,55,67)(H,56,62)(H,57,65)(H,58,61)(H,59,66)/t32-,33-,37-,38-,39+,40-/m0/s1. The molecule has 380 valence electrons. The minimum atomic E-state index is -1.44. The molecular weight excluding hydrogens is 899 g/mol. The van der Waals surface area contributed by atoms with E-state index in [0.29, 0.717) is 48.0 Å². The molecule has 0 spiro atoms. The van der Waals surface area contributed by atoms with E-state index in [9.17, 15) is 38.4 Å². The van der Waals surface area contributed by atoms with Crippen LogP contribution in [-0.4, -0.2) is 120 Å². The van der Waals surface area contributed by atoms with Gasteiger partial charge in [-0.2, -0.15) is 0 Å². The number of fused-ring (bicyclic) bond motifs is 1. The highest BCUT2D eigenvalue weighted by Gasteiger charge is 2.33. The molecule has 0 radical (unpaired) electrons. The number of aromatic nitrogens is 1. The Bertz CT molecular complexity index is 2350. The van der Waals surface area contributed by atoms with E-state index in [2.05, 4.69) is 55.0 Å². The fourth-order valence-electron chi connectivity index (χ4n) is 7.00. The lowest BCUT2D eigenvalue weighted by Gasteiger charge is -2.26. The Morgan fingerprint density at radius 1 is 0.671 bits per heavy atom. The van der Waals surface area contributed by atoms with Crippen molar-refractivity contribution in [1.29, 1.82) is 0 Å². The Hall–Kier alpha value is -7.20. The summed E-state index contributed by atoms with van der Waals surface area (Å²) >= 11 is 0. The van der Waals surface area contributed by atoms with Gasteiger partial charge in [0.15, 0.2) is 0 Å². The van der Waals surface area contributed by atoms with E-state index >= 15 is 0 Å². The van der Waals surface area contributed by atoms with Gasteiger partial charge in [-0.25, -0.2) is 9.59 Å². The van der Waals surface area contributed by atoms with E-state index < -0.39 is 95.1 Å². The number of ether oxygens (including phenoxy) is 2. The molecule has 6 atom stereocenters. The van der Waals surface area contributed by atoms with Crippen molar-refractivity contribution in [2.24, 2.45) is 0 Å². The summed E-state index contributed by atoms with van der Waals surface area (Å²) in [5, 5.41) is 22.2. The van der Waals surface area contributed by atoms with Crippen molar-refractivity contribution in [2.45, 2.75) is 141 Å². The lowest BCUT2D eigenvalue weighted by molar-refractivity contribution is -0.135. The number of carbonyl (C=O) groups excluding carboxylic acids is 8. The number of para-hydroxylation sites is 1. The molecule has 0 aliphatic carbocycles. The van der Waals surface area contributed by atoms with E-state index in [4.69, 9.17) is 15.9 Å². The highest BCUT2D eigenvalue weighted by atomic mass is 16.6. The number of hydrogen-bond donors (Lipinski definition) is 8. The van der Waals surface area contributed by atoms with Crippen LogP contribution in [0.15, 0.2) is 73.4 Å². The first kappa shape index (κ1) is 57.1. The smallest absolute Gasteiger partial charge is 0.419 e. The van der Waals surface area contributed by atoms with Crippen molar-refractivity contribution >= 4 is 58.5 Å². The second-order valence-corrected chi connectivity index (χ2v) is 18.8. The summed E-state index contributed by atoms with van der Waals surface area (Å²) < 4.78 is 12.2. The Kier molecular flexibility index (Phi) is 22.1. The summed E-state index contributed by atoms with van der Waals surface area (Å²) in [6.45, 7) is 17.9. The molecule has 19 heteroatoms. The molecule has 0 bridgehead atoms. The Morgan fingerprint density at radius 2 is 1.21 bits per heavy atom. The lowest BCUT2D eigenvalue weighted by atomic mass is 10.0. The maximum absolute atomic E-state index is 14.7. The van der Waals surface area contributed by atoms with Crippen molar-refractivity contribution in [3.8, 4) is 12.3 Å². The Labute approximate surface area is 410 Å². The number of benzene rings is 2. The number of nitrogens with zero attached hydrogens (tertiary/aromatic N) is 1. The summed E-state index contributed by atoms with van der Waals surface area (Å²) in [4.78, 5) is 109. The number of rotatable bonds is 24. The van der Waals surface area contributed by atoms with Crippen molar-refractivity contribution in [3.63, 3.8) is 0 Å². The minimum absolute atomic E-state index is 0.00360. The summed E-state index contributed by atoms with van der Waals surface area (Å²) in [6.07, 6.45) is 8.39. The Balaban J connectivity index is 1.98. The summed E-state index contributed by atoms with van der Waals surface area (Å²) in [6, 6.07) is 8.42. The predicted octanol–water partition coefficient (Wildman–Crippen LogP) is 3.28. The van der Waals surface area contributed by atoms with Gasteiger partial charge in [0.1, 0.15) is 47.5 Å². The molecule has 3 rings (SSSR count). The molecular formula is C51H71N9O10. The SMILES string of the molecule is C#CC[C@H](NC(=O)[C@H](C)NC(=O)OC(C)(C)C)C(=O)N[C@@H](C)C(=O)N[C@@H](Cc1cn(C(=O)OC(C)(C)C)c2ccccc12)C(=O)N[C@H](Cc1ccccc1)C(=O)N[C@@H](CCCCNCC=C)C(=O)NC. The molecule has 0 aliphatic heterocycles. The van der Waals surface area contributed by atoms with Crippen molar-refractivity contribution in [2.75, 3.05) is 20.1 Å². The van der Waals surface area contributed by atoms with Crippen molar-refractivity contribution in [1.82, 2.24) is 47.1 Å². The number of hydrogen-bond acceptors (Lipinski definition) is 11. The summed E-state index contributed by atoms with van der Waals surface area (Å²) in [7, 11) is 1.46. The van der Waals surface area contributed by atoms with E-state index in [1.807, 2.05) is 0 Å². The molecule has 0 saturated carbocycles. The van der Waals surface area contributed by atoms with Crippen molar-refractivity contribution in [3.05, 3.63) is 84.6 Å². The normalized spacial score (nSPS) is 13.9. The predicted molar refractivity (Wildman–Crippen MR) is 266 cm³/mol. The van der Waals surface area contributed by atoms with Gasteiger partial charge in [0.25, 0.3) is 0 Å². The van der Waals surface area contributed by atoms with Crippen LogP contribution in [0.4, 0.5) is 9.59 Å². The molecule has 2 aromatic carbocycles. The number of amides is 7. The van der Waals surface area contributed by atoms with E-state index in [1.165, 1.54) is 31.7 Å². The number of nitrogens with one attached hydrogen (secondary N) is 8. The second kappa shape index (κ2) is 27.1. The minimum Gasteiger partial charge on any atom is -0.444 e. The molecule has 1 heterocycles. The molecule has 8 N–H and O–H groups in total. The molecule has 0 saturated heterocycles. The number of terminal acetylenes is 1. The van der Waals surface area contributed by atoms with E-state index in [1.54, 1.807) is 102 Å². The van der Waals surface area contributed by atoms with Crippen LogP contribution in [0.5, 0.6) is 0 Å². The van der Waals surface area contributed by atoms with E-state index in [0.717, 1.165) is 6.42 Å². The first-order valence-electron chi connectivity index (χ1n) is 23.3. The quantitative estimate of drug-likeness (QED) is 0.0367. The monoisotopic (exact) mass is 970 g/mol. The molecule has 7 amide bonds. The number of alkyl carbamates (subject to hydrolysis) is 1. The molecule has 3 aromatic rings. The first-order chi connectivity index (χ1) is 33.0. The molecule has 0 unspecified atom stereocenters. The highest BCUT2D eigenvalue weighted by Crippen LogP contribution is 2.24. The van der Waals surface area contributed by atoms with E-state index in [-0.39, 0.29) is 19.3 Å². The summed E-state index contributed by atoms with van der Waals surface area (Å²) in [5.74, 6) is -1.97. The topological polar surface area (TPSA) is 256 Å². The Morgan fingerprint density at radius 3 is 1.81 bits per heavy atom. The van der Waals surface area contributed by atoms with Crippen LogP contribution >= 0.6 is 0 Å². The number of likely N-dealkylation sites (N-methyl/N-ethyl adjacent to an activating group) is 1. The zero-order valence-electron chi connectivity index (χ0n) is 41.8. The number of unbranched alkanes of at least 4 members (excludes halogenated alkanes) is 1. The molecule has 0 aliphatic rings. The van der Waals surface area contributed by atoms with Gasteiger partial charge in [0.05, 0.1) is 5.52 Å². The van der Waals surface area contributed by atoms with Gasteiger partial charge in [-0.3, -0.25) is 33.3 Å². The van der Waals surface area contributed by atoms with Gasteiger partial charge in [0, 0.05) is 44.4 Å². The van der Waals surface area contributed by atoms with Crippen LogP contribution in [0.1, 0.15) is 92.2 Å². The zero-order chi connectivity index (χ0) is 52.2. The van der Waals surface area contributed by atoms with Crippen LogP contribution in [-0.2, 0) is 51.1 Å². The van der Waals surface area contributed by atoms with Gasteiger partial charge in [-0.05, 0) is 98.4 Å². The highest BCUT2D eigenvalue weighted by molar-refractivity contribution is 5.98. The number of carbonyl (C=O) groups is 8. The molecule has 1 aromatic heterocycles. The van der Waals surface area contributed by atoms with Gasteiger partial charge in [-0.15, -0.1) is 18.9 Å². The molecule has 0 fully saturated rings. The van der Waals surface area contributed by atoms with Gasteiger partial charge >= 0.3 is 12.2 Å². The van der Waals surface area contributed by atoms with Crippen molar-refractivity contribution < 1.29 is 47.8 Å². The maximum Gasteiger partial charge on any atom is 0.419 e. The maximum atomic E-state index is 14.7. The average molecular weight is 970 g/mol. The summed E-state index contributed by atoms with van der Waals surface area (Å²) in [5.41, 5.74) is -0.0664. The lowest BCUT2D eigenvalue weighted by Crippen LogP contribution is -2.59. The molecule has 19 nitrogen and oxygen atoms in total. The van der Waals surface area contributed by atoms with Crippen LogP contribution < -0.4 is 42.5 Å². The third-order valence-corrected chi connectivity index (χ3v) is 10.5. The fourth-order valence-corrected chi connectivity index (χ4v) is 7.00. The zero-order valence-corrected chi connectivity index (χ0v) is 41.8. The second-order valence-electron chi connectivity index (χ2n) is 18.8. The van der Waals surface area contributed by atoms with Crippen LogP contribution in [0.3, 0.4) is 0 Å². The average Bonchev–Trinajstić information content (AvgIpc) is 3.66. The van der Waals surface area contributed by atoms with Gasteiger partial charge in [-0.1, -0.05) is 54.6 Å². The van der Waals surface area contributed by atoms with Crippen LogP contribution in [0, 0.1) is 12.3 Å². The molecule has 70 heavy (non-hydrogen) atoms. The fraction of sp³-hybridized carbons (Fsp3) is 0.490.